The van der Waals surface area contributed by atoms with Crippen molar-refractivity contribution >= 4 is 11.7 Å². The van der Waals surface area contributed by atoms with Crippen LogP contribution < -0.4 is 15.5 Å². The smallest absolute Gasteiger partial charge is 0.251 e. The van der Waals surface area contributed by atoms with Crippen molar-refractivity contribution in [3.05, 3.63) is 47.0 Å². The highest BCUT2D eigenvalue weighted by atomic mass is 16.5. The number of amides is 1. The lowest BCUT2D eigenvalue weighted by molar-refractivity contribution is 0.0642. The molecule has 0 radical (unpaired) electrons. The van der Waals surface area contributed by atoms with E-state index in [2.05, 4.69) is 51.7 Å². The van der Waals surface area contributed by atoms with Gasteiger partial charge in [0.15, 0.2) is 0 Å². The molecule has 2 N–H and O–H groups in total. The van der Waals surface area contributed by atoms with Crippen LogP contribution >= 0.6 is 0 Å². The molecule has 1 saturated carbocycles. The number of anilines is 1. The molecule has 2 aromatic rings. The number of nitrogens with one attached hydrogen (secondary N) is 2. The second-order valence-corrected chi connectivity index (χ2v) is 10.0. The minimum atomic E-state index is 0.0322. The van der Waals surface area contributed by atoms with Gasteiger partial charge in [0.25, 0.3) is 5.91 Å². The molecule has 7 nitrogen and oxygen atoms in total. The molecule has 0 unspecified atom stereocenters. The molecule has 2 fully saturated rings. The van der Waals surface area contributed by atoms with Crippen LogP contribution in [-0.4, -0.2) is 68.8 Å². The van der Waals surface area contributed by atoms with Crippen molar-refractivity contribution in [1.29, 1.82) is 0 Å². The van der Waals surface area contributed by atoms with E-state index in [0.29, 0.717) is 12.0 Å². The molecular weight excluding hydrogens is 426 g/mol. The Morgan fingerprint density at radius 1 is 1.21 bits per heavy atom. The first kappa shape index (κ1) is 23.3. The van der Waals surface area contributed by atoms with Crippen molar-refractivity contribution in [3.8, 4) is 11.3 Å². The summed E-state index contributed by atoms with van der Waals surface area (Å²) in [6.45, 7) is 5.99. The first-order chi connectivity index (χ1) is 16.6. The van der Waals surface area contributed by atoms with E-state index in [1.165, 1.54) is 18.4 Å². The maximum absolute atomic E-state index is 13.3. The van der Waals surface area contributed by atoms with Crippen LogP contribution in [0.4, 0.5) is 5.82 Å². The Bertz CT molecular complexity index is 1020. The fourth-order valence-electron chi connectivity index (χ4n) is 4.95. The number of nitrogens with zero attached hydrogens (tertiary/aromatic N) is 3. The van der Waals surface area contributed by atoms with Gasteiger partial charge in [-0.15, -0.1) is 0 Å². The highest BCUT2D eigenvalue weighted by molar-refractivity contribution is 5.99. The molecule has 1 aliphatic carbocycles. The Kier molecular flexibility index (Phi) is 7.13. The molecule has 0 atom stereocenters. The number of aromatic nitrogens is 1. The van der Waals surface area contributed by atoms with Crippen LogP contribution in [0.5, 0.6) is 0 Å². The lowest BCUT2D eigenvalue weighted by Crippen LogP contribution is -2.39. The number of carbonyl (C=O) groups is 1. The third kappa shape index (κ3) is 5.27. The van der Waals surface area contributed by atoms with Gasteiger partial charge >= 0.3 is 0 Å². The quantitative estimate of drug-likeness (QED) is 0.565. The molecular formula is C27H37N5O2. The van der Waals surface area contributed by atoms with Crippen LogP contribution in [0.1, 0.15) is 47.2 Å². The first-order valence-corrected chi connectivity index (χ1v) is 12.7. The molecule has 34 heavy (non-hydrogen) atoms. The highest BCUT2D eigenvalue weighted by Crippen LogP contribution is 2.43. The number of hydrogen-bond acceptors (Lipinski definition) is 6. The largest absolute Gasteiger partial charge is 0.381 e. The van der Waals surface area contributed by atoms with Crippen molar-refractivity contribution in [3.63, 3.8) is 0 Å². The molecule has 5 rings (SSSR count). The van der Waals surface area contributed by atoms with Gasteiger partial charge in [-0.2, -0.15) is 0 Å². The van der Waals surface area contributed by atoms with E-state index < -0.39 is 0 Å². The number of benzene rings is 1. The summed E-state index contributed by atoms with van der Waals surface area (Å²) in [4.78, 5) is 23.0. The Morgan fingerprint density at radius 2 is 2.03 bits per heavy atom. The Morgan fingerprint density at radius 3 is 2.79 bits per heavy atom. The van der Waals surface area contributed by atoms with Crippen LogP contribution in [-0.2, 0) is 17.8 Å². The van der Waals surface area contributed by atoms with Crippen LogP contribution in [0.2, 0.25) is 0 Å². The van der Waals surface area contributed by atoms with Crippen molar-refractivity contribution in [2.45, 2.75) is 44.8 Å². The Labute approximate surface area is 202 Å². The summed E-state index contributed by atoms with van der Waals surface area (Å²) >= 11 is 0. The third-order valence-electron chi connectivity index (χ3n) is 7.25. The molecule has 1 aromatic heterocycles. The minimum absolute atomic E-state index is 0.0322. The molecule has 0 bridgehead atoms. The maximum atomic E-state index is 13.3. The van der Waals surface area contributed by atoms with Crippen molar-refractivity contribution in [2.75, 3.05) is 51.8 Å². The maximum Gasteiger partial charge on any atom is 0.251 e. The van der Waals surface area contributed by atoms with E-state index in [1.807, 2.05) is 13.1 Å². The van der Waals surface area contributed by atoms with E-state index in [0.717, 1.165) is 87.0 Å². The zero-order valence-electron chi connectivity index (χ0n) is 20.5. The van der Waals surface area contributed by atoms with Gasteiger partial charge in [-0.1, -0.05) is 18.2 Å². The van der Waals surface area contributed by atoms with Gasteiger partial charge in [0, 0.05) is 63.1 Å². The molecule has 7 heteroatoms. The monoisotopic (exact) mass is 463 g/mol. The van der Waals surface area contributed by atoms with E-state index >= 15 is 0 Å². The standard InChI is InChI=1S/C27H37N5O2/c1-28-10-11-31(2)17-20-4-3-5-21(14-20)25-15-23(24-18-32(22-6-7-22)26(24)30-25)27(33)29-16-19-8-12-34-13-9-19/h3-5,14-15,19,22,28H,6-13,16-18H2,1-2H3,(H,29,33). The lowest BCUT2D eigenvalue weighted by Gasteiger charge is -2.37. The zero-order chi connectivity index (χ0) is 23.5. The summed E-state index contributed by atoms with van der Waals surface area (Å²) in [5, 5.41) is 6.42. The summed E-state index contributed by atoms with van der Waals surface area (Å²) in [5.41, 5.74) is 5.11. The summed E-state index contributed by atoms with van der Waals surface area (Å²) in [7, 11) is 4.12. The molecule has 1 amide bonds. The summed E-state index contributed by atoms with van der Waals surface area (Å²) in [6, 6.07) is 11.2. The summed E-state index contributed by atoms with van der Waals surface area (Å²) in [5.74, 6) is 1.54. The van der Waals surface area contributed by atoms with Gasteiger partial charge < -0.3 is 25.2 Å². The van der Waals surface area contributed by atoms with Crippen molar-refractivity contribution in [1.82, 2.24) is 20.5 Å². The van der Waals surface area contributed by atoms with Gasteiger partial charge in [-0.25, -0.2) is 4.98 Å². The highest BCUT2D eigenvalue weighted by Gasteiger charge is 2.39. The molecule has 1 aromatic carbocycles. The van der Waals surface area contributed by atoms with Crippen molar-refractivity contribution in [2.24, 2.45) is 5.92 Å². The molecule has 0 spiro atoms. The number of ether oxygens (including phenoxy) is 1. The van der Waals surface area contributed by atoms with Gasteiger partial charge in [0.2, 0.25) is 0 Å². The van der Waals surface area contributed by atoms with E-state index in [-0.39, 0.29) is 5.91 Å². The minimum Gasteiger partial charge on any atom is -0.381 e. The lowest BCUT2D eigenvalue weighted by atomic mass is 9.96. The molecule has 3 aliphatic rings. The molecule has 1 saturated heterocycles. The van der Waals surface area contributed by atoms with Gasteiger partial charge in [0.05, 0.1) is 11.3 Å². The van der Waals surface area contributed by atoms with Gasteiger partial charge in [-0.05, 0) is 63.4 Å². The molecule has 2 aliphatic heterocycles. The average Bonchev–Trinajstić information content (AvgIpc) is 3.67. The average molecular weight is 464 g/mol. The fraction of sp³-hybridized carbons (Fsp3) is 0.556. The molecule has 182 valence electrons. The molecule has 3 heterocycles. The fourth-order valence-corrected chi connectivity index (χ4v) is 4.95. The first-order valence-electron chi connectivity index (χ1n) is 12.7. The summed E-state index contributed by atoms with van der Waals surface area (Å²) < 4.78 is 5.46. The van der Waals surface area contributed by atoms with Crippen LogP contribution in [0, 0.1) is 5.92 Å². The van der Waals surface area contributed by atoms with E-state index in [9.17, 15) is 4.79 Å². The predicted octanol–water partition coefficient (Wildman–Crippen LogP) is 3.04. The van der Waals surface area contributed by atoms with E-state index in [4.69, 9.17) is 9.72 Å². The predicted molar refractivity (Wildman–Crippen MR) is 135 cm³/mol. The second kappa shape index (κ2) is 10.4. The van der Waals surface area contributed by atoms with Crippen LogP contribution in [0.25, 0.3) is 11.3 Å². The second-order valence-electron chi connectivity index (χ2n) is 10.0. The van der Waals surface area contributed by atoms with Gasteiger partial charge in [-0.3, -0.25) is 4.79 Å². The number of carbonyl (C=O) groups excluding carboxylic acids is 1. The SMILES string of the molecule is CNCCN(C)Cc1cccc(-c2cc(C(=O)NCC3CCOCC3)c3c(n2)N(C2CC2)C3)c1. The zero-order valence-corrected chi connectivity index (χ0v) is 20.5. The van der Waals surface area contributed by atoms with Crippen molar-refractivity contribution < 1.29 is 9.53 Å². The number of hydrogen-bond donors (Lipinski definition) is 2. The summed E-state index contributed by atoms with van der Waals surface area (Å²) in [6.07, 6.45) is 4.49. The Balaban J connectivity index is 1.37. The third-order valence-corrected chi connectivity index (χ3v) is 7.25. The van der Waals surface area contributed by atoms with Gasteiger partial charge in [0.1, 0.15) is 5.82 Å². The van der Waals surface area contributed by atoms with Crippen LogP contribution in [0.3, 0.4) is 0 Å². The normalized spacial score (nSPS) is 18.0. The number of fused-ring (bicyclic) bond motifs is 1. The topological polar surface area (TPSA) is 69.7 Å². The number of likely N-dealkylation sites (N-methyl/N-ethyl adjacent to an activating group) is 2. The van der Waals surface area contributed by atoms with Crippen LogP contribution in [0.15, 0.2) is 30.3 Å². The Hall–Kier alpha value is -2.48. The van der Waals surface area contributed by atoms with E-state index in [1.54, 1.807) is 0 Å². The number of pyridine rings is 1. The number of rotatable bonds is 10.